The maximum absolute atomic E-state index is 13.7. The first-order chi connectivity index (χ1) is 21.2. The lowest BCUT2D eigenvalue weighted by Gasteiger charge is -2.47. The number of carboxylic acids is 1. The van der Waals surface area contributed by atoms with E-state index in [1.54, 1.807) is 35.7 Å². The molecule has 8 nitrogen and oxygen atoms in total. The monoisotopic (exact) mass is 657 g/mol. The van der Waals surface area contributed by atoms with Crippen molar-refractivity contribution in [2.75, 3.05) is 26.2 Å². The Morgan fingerprint density at radius 2 is 1.73 bits per heavy atom. The number of aryl methyl sites for hydroxylation is 1. The van der Waals surface area contributed by atoms with Crippen LogP contribution in [0.3, 0.4) is 0 Å². The van der Waals surface area contributed by atoms with Crippen molar-refractivity contribution in [3.8, 4) is 0 Å². The van der Waals surface area contributed by atoms with Crippen LogP contribution < -0.4 is 5.32 Å². The fourth-order valence-corrected chi connectivity index (χ4v) is 9.15. The molecule has 4 aliphatic rings. The number of carbonyl (C=O) groups is 2. The number of carboxylic acid groups (broad SMARTS) is 1. The highest BCUT2D eigenvalue weighted by Crippen LogP contribution is 2.42. The standard InChI is InChI=1S/C33H41Cl2N5O3S/c1-20(2)40-22-7-8-23(40)18-24(17-22)38-11-13-39(14-12-38)30(41)19-28-32(33(42)43)25(31-26(34)4-3-5-27(31)35)16-21(37-28)6-9-29-36-10-15-44-29/h3-5,10,15-16,20,22-25,37H,6-9,11-14,17-19H2,1-2H3,(H,42,43). The van der Waals surface area contributed by atoms with Gasteiger partial charge in [-0.25, -0.2) is 9.78 Å². The minimum atomic E-state index is -1.09. The Balaban J connectivity index is 1.17. The molecular weight excluding hydrogens is 617 g/mol. The zero-order chi connectivity index (χ0) is 31.0. The predicted octanol–water partition coefficient (Wildman–Crippen LogP) is 5.93. The third kappa shape index (κ3) is 6.58. The Kier molecular flexibility index (Phi) is 9.69. The number of benzene rings is 1. The summed E-state index contributed by atoms with van der Waals surface area (Å²) in [4.78, 5) is 38.1. The molecule has 0 aliphatic carbocycles. The predicted molar refractivity (Wildman–Crippen MR) is 175 cm³/mol. The van der Waals surface area contributed by atoms with Crippen LogP contribution in [-0.4, -0.2) is 87.0 Å². The number of dihydropyridines is 1. The molecule has 1 aromatic heterocycles. The van der Waals surface area contributed by atoms with Gasteiger partial charge in [0.15, 0.2) is 0 Å². The number of allylic oxidation sites excluding steroid dienone is 2. The number of hydrogen-bond acceptors (Lipinski definition) is 7. The van der Waals surface area contributed by atoms with Crippen molar-refractivity contribution in [1.82, 2.24) is 25.0 Å². The van der Waals surface area contributed by atoms with Gasteiger partial charge in [0.25, 0.3) is 0 Å². The average Bonchev–Trinajstić information content (AvgIpc) is 3.61. The molecule has 6 rings (SSSR count). The van der Waals surface area contributed by atoms with Gasteiger partial charge in [-0.2, -0.15) is 0 Å². The van der Waals surface area contributed by atoms with E-state index in [0.29, 0.717) is 71.4 Å². The van der Waals surface area contributed by atoms with E-state index in [0.717, 1.165) is 23.8 Å². The van der Waals surface area contributed by atoms with Crippen molar-refractivity contribution in [1.29, 1.82) is 0 Å². The number of halogens is 2. The third-order valence-electron chi connectivity index (χ3n) is 9.82. The molecule has 1 amide bonds. The summed E-state index contributed by atoms with van der Waals surface area (Å²) < 4.78 is 0. The summed E-state index contributed by atoms with van der Waals surface area (Å²) in [5.41, 5.74) is 1.89. The molecule has 2 N–H and O–H groups in total. The van der Waals surface area contributed by atoms with Crippen molar-refractivity contribution in [3.63, 3.8) is 0 Å². The molecule has 0 saturated carbocycles. The first-order valence-corrected chi connectivity index (χ1v) is 17.4. The zero-order valence-electron chi connectivity index (χ0n) is 25.3. The minimum Gasteiger partial charge on any atom is -0.478 e. The molecule has 2 bridgehead atoms. The van der Waals surface area contributed by atoms with Crippen molar-refractivity contribution in [3.05, 3.63) is 73.4 Å². The molecular formula is C33H41Cl2N5O3S. The number of carbonyl (C=O) groups excluding carboxylic acids is 1. The maximum atomic E-state index is 13.7. The summed E-state index contributed by atoms with van der Waals surface area (Å²) in [6.07, 6.45) is 9.97. The number of amides is 1. The molecule has 3 saturated heterocycles. The lowest BCUT2D eigenvalue weighted by atomic mass is 9.85. The highest BCUT2D eigenvalue weighted by atomic mass is 35.5. The van der Waals surface area contributed by atoms with Crippen molar-refractivity contribution in [2.45, 2.75) is 88.9 Å². The highest BCUT2D eigenvalue weighted by molar-refractivity contribution is 7.09. The zero-order valence-corrected chi connectivity index (χ0v) is 27.7. The first kappa shape index (κ1) is 31.5. The lowest BCUT2D eigenvalue weighted by Crippen LogP contribution is -2.57. The molecule has 2 aromatic rings. The van der Waals surface area contributed by atoms with Gasteiger partial charge in [-0.3, -0.25) is 14.6 Å². The van der Waals surface area contributed by atoms with Crippen LogP contribution in [0.25, 0.3) is 0 Å². The number of aliphatic carboxylic acids is 1. The summed E-state index contributed by atoms with van der Waals surface area (Å²) in [7, 11) is 0. The molecule has 0 radical (unpaired) electrons. The minimum absolute atomic E-state index is 0.0221. The Bertz CT molecular complexity index is 1400. The normalized spacial score (nSPS) is 26.2. The van der Waals surface area contributed by atoms with Gasteiger partial charge < -0.3 is 15.3 Å². The molecule has 3 unspecified atom stereocenters. The van der Waals surface area contributed by atoms with E-state index in [2.05, 4.69) is 33.9 Å². The van der Waals surface area contributed by atoms with Crippen LogP contribution in [0.2, 0.25) is 10.0 Å². The number of fused-ring (bicyclic) bond motifs is 2. The summed E-state index contributed by atoms with van der Waals surface area (Å²) >= 11 is 14.8. The maximum Gasteiger partial charge on any atom is 0.334 e. The average molecular weight is 659 g/mol. The molecule has 0 spiro atoms. The van der Waals surface area contributed by atoms with E-state index in [-0.39, 0.29) is 17.9 Å². The van der Waals surface area contributed by atoms with Gasteiger partial charge in [-0.15, -0.1) is 11.3 Å². The van der Waals surface area contributed by atoms with E-state index in [1.165, 1.54) is 25.7 Å². The Hall–Kier alpha value is -2.43. The van der Waals surface area contributed by atoms with Crippen molar-refractivity contribution < 1.29 is 14.7 Å². The molecule has 5 heterocycles. The topological polar surface area (TPSA) is 89.0 Å². The summed E-state index contributed by atoms with van der Waals surface area (Å²) in [6, 6.07) is 7.70. The van der Waals surface area contributed by atoms with Crippen LogP contribution in [0.5, 0.6) is 0 Å². The second kappa shape index (κ2) is 13.5. The number of nitrogens with zero attached hydrogens (tertiary/aromatic N) is 4. The quantitative estimate of drug-likeness (QED) is 0.346. The van der Waals surface area contributed by atoms with Gasteiger partial charge in [0.05, 0.1) is 17.0 Å². The number of nitrogens with one attached hydrogen (secondary N) is 1. The molecule has 44 heavy (non-hydrogen) atoms. The van der Waals surface area contributed by atoms with Crippen LogP contribution >= 0.6 is 34.5 Å². The number of hydrogen-bond donors (Lipinski definition) is 2. The van der Waals surface area contributed by atoms with Gasteiger partial charge in [-0.05, 0) is 58.1 Å². The van der Waals surface area contributed by atoms with Crippen molar-refractivity contribution >= 4 is 46.4 Å². The molecule has 3 atom stereocenters. The second-order valence-corrected chi connectivity index (χ2v) is 14.5. The van der Waals surface area contributed by atoms with Gasteiger partial charge in [0.2, 0.25) is 5.91 Å². The van der Waals surface area contributed by atoms with Crippen LogP contribution in [0.4, 0.5) is 0 Å². The largest absolute Gasteiger partial charge is 0.478 e. The second-order valence-electron chi connectivity index (χ2n) is 12.7. The fraction of sp³-hybridized carbons (Fsp3) is 0.545. The number of piperazine rings is 1. The number of aromatic nitrogens is 1. The van der Waals surface area contributed by atoms with Crippen LogP contribution in [0, 0.1) is 0 Å². The van der Waals surface area contributed by atoms with E-state index >= 15 is 0 Å². The van der Waals surface area contributed by atoms with Gasteiger partial charge in [0.1, 0.15) is 0 Å². The van der Waals surface area contributed by atoms with Gasteiger partial charge in [-0.1, -0.05) is 35.3 Å². The van der Waals surface area contributed by atoms with Gasteiger partial charge in [0, 0.05) is 101 Å². The van der Waals surface area contributed by atoms with Crippen LogP contribution in [0.15, 0.2) is 52.8 Å². The Morgan fingerprint density at radius 1 is 1.05 bits per heavy atom. The number of thiazole rings is 1. The molecule has 236 valence electrons. The molecule has 4 aliphatic heterocycles. The van der Waals surface area contributed by atoms with Gasteiger partial charge >= 0.3 is 5.97 Å². The van der Waals surface area contributed by atoms with E-state index in [4.69, 9.17) is 23.2 Å². The molecule has 11 heteroatoms. The molecule has 3 fully saturated rings. The smallest absolute Gasteiger partial charge is 0.334 e. The Labute approximate surface area is 273 Å². The highest BCUT2D eigenvalue weighted by Gasteiger charge is 2.44. The number of piperidine rings is 1. The van der Waals surface area contributed by atoms with E-state index < -0.39 is 11.9 Å². The lowest BCUT2D eigenvalue weighted by molar-refractivity contribution is -0.133. The summed E-state index contributed by atoms with van der Waals surface area (Å²) in [5.74, 6) is -1.84. The Morgan fingerprint density at radius 3 is 2.32 bits per heavy atom. The van der Waals surface area contributed by atoms with Crippen molar-refractivity contribution in [2.24, 2.45) is 0 Å². The third-order valence-corrected chi connectivity index (χ3v) is 11.3. The number of rotatable bonds is 9. The van der Waals surface area contributed by atoms with Crippen LogP contribution in [-0.2, 0) is 16.0 Å². The molecule has 1 aromatic carbocycles. The first-order valence-electron chi connectivity index (χ1n) is 15.7. The SMILES string of the molecule is CC(C)N1C2CCC1CC(N1CCN(C(=O)CC3=C(C(=O)O)C(c4c(Cl)cccc4Cl)C=C(CCc4nccs4)N3)CC1)C2. The van der Waals surface area contributed by atoms with E-state index in [1.807, 2.05) is 16.4 Å². The summed E-state index contributed by atoms with van der Waals surface area (Å²) in [6.45, 7) is 7.64. The van der Waals surface area contributed by atoms with E-state index in [9.17, 15) is 14.7 Å². The summed E-state index contributed by atoms with van der Waals surface area (Å²) in [5, 5.41) is 17.5. The fourth-order valence-electron chi connectivity index (χ4n) is 7.90. The van der Waals surface area contributed by atoms with Crippen LogP contribution in [0.1, 0.15) is 68.9 Å².